The van der Waals surface area contributed by atoms with Gasteiger partial charge < -0.3 is 5.11 Å². The first-order chi connectivity index (χ1) is 11.6. The van der Waals surface area contributed by atoms with E-state index in [1.54, 1.807) is 0 Å². The molecule has 132 valence electrons. The molecule has 0 atom stereocenters. The first-order valence-corrected chi connectivity index (χ1v) is 7.62. The van der Waals surface area contributed by atoms with E-state index in [1.165, 1.54) is 64.7 Å². The molecule has 0 aliphatic heterocycles. The number of nitrogens with zero attached hydrogens (tertiary/aromatic N) is 4. The van der Waals surface area contributed by atoms with E-state index in [9.17, 15) is 19.5 Å². The van der Waals surface area contributed by atoms with Crippen molar-refractivity contribution in [1.82, 2.24) is 18.3 Å². The molecule has 0 radical (unpaired) electrons. The molecule has 0 aliphatic carbocycles. The zero-order chi connectivity index (χ0) is 19.0. The number of rotatable bonds is 2. The van der Waals surface area contributed by atoms with Gasteiger partial charge in [0.1, 0.15) is 16.3 Å². The quantitative estimate of drug-likeness (QED) is 0.654. The number of aromatic hydroxyl groups is 1. The minimum Gasteiger partial charge on any atom is -0.494 e. The van der Waals surface area contributed by atoms with Crippen LogP contribution in [0, 0.1) is 4.77 Å². The van der Waals surface area contributed by atoms with E-state index in [0.29, 0.717) is 0 Å². The van der Waals surface area contributed by atoms with Crippen LogP contribution < -0.4 is 27.4 Å². The predicted octanol–water partition coefficient (Wildman–Crippen LogP) is -1.54. The maximum atomic E-state index is 12.2. The van der Waals surface area contributed by atoms with Gasteiger partial charge in [-0.1, -0.05) is 12.7 Å². The maximum absolute atomic E-state index is 12.2. The summed E-state index contributed by atoms with van der Waals surface area (Å²) in [6.45, 7) is 3.67. The zero-order valence-electron chi connectivity index (χ0n) is 14.3. The lowest BCUT2D eigenvalue weighted by molar-refractivity contribution is 0.414. The minimum absolute atomic E-state index is 0.00252. The lowest BCUT2D eigenvalue weighted by Gasteiger charge is -2.09. The van der Waals surface area contributed by atoms with Crippen molar-refractivity contribution in [3.8, 4) is 5.88 Å². The van der Waals surface area contributed by atoms with E-state index in [2.05, 4.69) is 6.58 Å². The van der Waals surface area contributed by atoms with Crippen LogP contribution in [0.5, 0.6) is 5.88 Å². The van der Waals surface area contributed by atoms with E-state index in [4.69, 9.17) is 12.2 Å². The van der Waals surface area contributed by atoms with Crippen LogP contribution in [0.25, 0.3) is 18.7 Å². The average Bonchev–Trinajstić information content (AvgIpc) is 2.60. The van der Waals surface area contributed by atoms with Crippen molar-refractivity contribution >= 4 is 30.9 Å². The molecule has 0 unspecified atom stereocenters. The minimum atomic E-state index is -0.499. The Morgan fingerprint density at radius 2 is 1.44 bits per heavy atom. The molecule has 2 rings (SSSR count). The third kappa shape index (κ3) is 2.93. The Morgan fingerprint density at radius 3 is 1.96 bits per heavy atom. The molecule has 2 aromatic rings. The van der Waals surface area contributed by atoms with Gasteiger partial charge in [-0.2, -0.15) is 0 Å². The van der Waals surface area contributed by atoms with Crippen LogP contribution in [0.2, 0.25) is 0 Å². The molecule has 0 amide bonds. The lowest BCUT2D eigenvalue weighted by Crippen LogP contribution is -2.56. The summed E-state index contributed by atoms with van der Waals surface area (Å²) in [6.07, 6.45) is 3.98. The summed E-state index contributed by atoms with van der Waals surface area (Å²) in [5.74, 6) is -0.299. The summed E-state index contributed by atoms with van der Waals surface area (Å²) in [4.78, 5) is 36.6. The van der Waals surface area contributed by atoms with E-state index in [-0.39, 0.29) is 26.9 Å². The van der Waals surface area contributed by atoms with E-state index in [1.807, 2.05) is 0 Å². The van der Waals surface area contributed by atoms with Crippen molar-refractivity contribution in [3.05, 3.63) is 58.2 Å². The smallest absolute Gasteiger partial charge is 0.265 e. The first kappa shape index (κ1) is 18.4. The Kier molecular flexibility index (Phi) is 4.80. The average molecular weight is 362 g/mol. The van der Waals surface area contributed by atoms with Gasteiger partial charge in [0.2, 0.25) is 5.88 Å². The molecule has 2 aromatic heterocycles. The van der Waals surface area contributed by atoms with Gasteiger partial charge >= 0.3 is 0 Å². The molecule has 0 saturated heterocycles. The van der Waals surface area contributed by atoms with Crippen LogP contribution in [-0.2, 0) is 28.2 Å². The topological polar surface area (TPSA) is 91.2 Å². The van der Waals surface area contributed by atoms with Gasteiger partial charge in [0.05, 0.1) is 0 Å². The third-order valence-electron chi connectivity index (χ3n) is 4.04. The summed E-state index contributed by atoms with van der Waals surface area (Å²) in [5.41, 5.74) is -1.21. The van der Waals surface area contributed by atoms with Crippen LogP contribution in [0.3, 0.4) is 0 Å². The van der Waals surface area contributed by atoms with Gasteiger partial charge in [0.15, 0.2) is 4.77 Å². The van der Waals surface area contributed by atoms with E-state index < -0.39 is 16.7 Å². The second kappa shape index (κ2) is 6.52. The van der Waals surface area contributed by atoms with Crippen LogP contribution >= 0.6 is 12.2 Å². The third-order valence-corrected chi connectivity index (χ3v) is 4.59. The highest BCUT2D eigenvalue weighted by Gasteiger charge is 2.10. The summed E-state index contributed by atoms with van der Waals surface area (Å²) >= 11 is 5.03. The SMILES string of the molecule is C=c1n(C)c(=O)c(=C/C=C/c2c(O)n(C)c(=S)n(C)c2=O)c(=O)n1C. The standard InChI is InChI=1S/C16H18N4O4S/c1-9-17(2)12(21)10(13(22)18(9)3)7-6-8-11-14(23)19(4)16(25)20(5)15(11)24/h6-8,23H,1H2,2-5H3/b8-6+. The molecule has 9 heteroatoms. The highest BCUT2D eigenvalue weighted by atomic mass is 32.1. The molecule has 0 fully saturated rings. The second-order valence-corrected chi connectivity index (χ2v) is 5.89. The molecule has 0 aromatic carbocycles. The fraction of sp³-hybridized carbons (Fsp3) is 0.250. The maximum Gasteiger partial charge on any atom is 0.265 e. The van der Waals surface area contributed by atoms with Gasteiger partial charge in [-0.15, -0.1) is 0 Å². The fourth-order valence-corrected chi connectivity index (χ4v) is 2.47. The van der Waals surface area contributed by atoms with Gasteiger partial charge in [0.25, 0.3) is 16.7 Å². The van der Waals surface area contributed by atoms with E-state index in [0.717, 1.165) is 0 Å². The highest BCUT2D eigenvalue weighted by molar-refractivity contribution is 7.71. The molecule has 0 spiro atoms. The number of aromatic nitrogens is 4. The largest absolute Gasteiger partial charge is 0.494 e. The predicted molar refractivity (Wildman–Crippen MR) is 98.3 cm³/mol. The number of hydrogen-bond donors (Lipinski definition) is 1. The molecular weight excluding hydrogens is 344 g/mol. The van der Waals surface area contributed by atoms with Crippen LogP contribution in [0.15, 0.2) is 20.5 Å². The van der Waals surface area contributed by atoms with Crippen molar-refractivity contribution in [2.75, 3.05) is 0 Å². The van der Waals surface area contributed by atoms with E-state index >= 15 is 0 Å². The van der Waals surface area contributed by atoms with Crippen molar-refractivity contribution < 1.29 is 5.11 Å². The Morgan fingerprint density at radius 1 is 0.920 bits per heavy atom. The van der Waals surface area contributed by atoms with Gasteiger partial charge in [-0.3, -0.25) is 32.7 Å². The molecule has 0 aliphatic rings. The molecule has 8 nitrogen and oxygen atoms in total. The molecular formula is C16H18N4O4S. The Labute approximate surface area is 147 Å². The van der Waals surface area contributed by atoms with Gasteiger partial charge in [-0.05, 0) is 24.4 Å². The Hall–Kier alpha value is -2.94. The van der Waals surface area contributed by atoms with Crippen molar-refractivity contribution in [3.63, 3.8) is 0 Å². The van der Waals surface area contributed by atoms with Crippen molar-refractivity contribution in [2.45, 2.75) is 0 Å². The van der Waals surface area contributed by atoms with Gasteiger partial charge in [-0.25, -0.2) is 0 Å². The molecule has 2 heterocycles. The Balaban J connectivity index is 2.74. The highest BCUT2D eigenvalue weighted by Crippen LogP contribution is 2.13. The first-order valence-electron chi connectivity index (χ1n) is 7.22. The van der Waals surface area contributed by atoms with Crippen molar-refractivity contribution in [1.29, 1.82) is 0 Å². The summed E-state index contributed by atoms with van der Waals surface area (Å²) < 4.78 is 5.17. The van der Waals surface area contributed by atoms with Crippen LogP contribution in [0.1, 0.15) is 5.56 Å². The normalized spacial score (nSPS) is 11.2. The fourth-order valence-electron chi connectivity index (χ4n) is 2.30. The summed E-state index contributed by atoms with van der Waals surface area (Å²) in [6, 6.07) is 0. The monoisotopic (exact) mass is 362 g/mol. The number of hydrogen-bond acceptors (Lipinski definition) is 5. The molecule has 0 bridgehead atoms. The molecule has 0 saturated carbocycles. The van der Waals surface area contributed by atoms with Crippen LogP contribution in [0.4, 0.5) is 0 Å². The second-order valence-electron chi connectivity index (χ2n) is 5.53. The van der Waals surface area contributed by atoms with Crippen LogP contribution in [-0.4, -0.2) is 23.4 Å². The molecule has 1 N–H and O–H groups in total. The summed E-state index contributed by atoms with van der Waals surface area (Å²) in [7, 11) is 6.03. The molecule has 25 heavy (non-hydrogen) atoms. The van der Waals surface area contributed by atoms with Gasteiger partial charge in [0, 0.05) is 28.2 Å². The van der Waals surface area contributed by atoms with Crippen molar-refractivity contribution in [2.24, 2.45) is 28.2 Å². The summed E-state index contributed by atoms with van der Waals surface area (Å²) in [5, 5.41) is 10.0. The lowest BCUT2D eigenvalue weighted by atomic mass is 10.2. The Bertz CT molecular complexity index is 1200. The number of allylic oxidation sites excluding steroid dienone is 1. The zero-order valence-corrected chi connectivity index (χ0v) is 15.1.